The Labute approximate surface area is 156 Å². The average Bonchev–Trinajstić information content (AvgIpc) is 2.90. The molecule has 2 heterocycles. The number of carboxylic acid groups (broad SMARTS) is 1. The van der Waals surface area contributed by atoms with E-state index in [0.717, 1.165) is 16.7 Å². The number of hydrogen-bond acceptors (Lipinski definition) is 8. The van der Waals surface area contributed by atoms with Crippen LogP contribution >= 0.6 is 11.3 Å². The summed E-state index contributed by atoms with van der Waals surface area (Å²) in [6.45, 7) is 3.59. The van der Waals surface area contributed by atoms with Crippen LogP contribution in [0.15, 0.2) is 12.1 Å². The molecule has 26 heavy (non-hydrogen) atoms. The molecule has 1 unspecified atom stereocenters. The van der Waals surface area contributed by atoms with Crippen LogP contribution in [-0.4, -0.2) is 68.0 Å². The number of amides is 1. The summed E-state index contributed by atoms with van der Waals surface area (Å²) < 4.78 is 15.7. The first-order valence-electron chi connectivity index (χ1n) is 8.14. The van der Waals surface area contributed by atoms with Gasteiger partial charge >= 0.3 is 7.12 Å². The Kier molecular flexibility index (Phi) is 11.1. The second-order valence-corrected chi connectivity index (χ2v) is 6.67. The quantitative estimate of drug-likeness (QED) is 0.359. The van der Waals surface area contributed by atoms with E-state index in [-0.39, 0.29) is 18.9 Å². The van der Waals surface area contributed by atoms with Crippen molar-refractivity contribution in [3.05, 3.63) is 21.9 Å². The highest BCUT2D eigenvalue weighted by atomic mass is 32.1. The summed E-state index contributed by atoms with van der Waals surface area (Å²) in [6, 6.07) is 3.85. The van der Waals surface area contributed by atoms with Crippen LogP contribution in [0.4, 0.5) is 0 Å². The molecule has 0 bridgehead atoms. The van der Waals surface area contributed by atoms with Gasteiger partial charge in [0, 0.05) is 23.2 Å². The van der Waals surface area contributed by atoms with Gasteiger partial charge in [-0.2, -0.15) is 0 Å². The topological polar surface area (TPSA) is 140 Å². The molecule has 5 N–H and O–H groups in total. The molecule has 146 valence electrons. The van der Waals surface area contributed by atoms with Gasteiger partial charge in [-0.05, 0) is 12.1 Å². The van der Waals surface area contributed by atoms with Gasteiger partial charge in [0.25, 0.3) is 5.97 Å². The maximum absolute atomic E-state index is 12.0. The average molecular weight is 388 g/mol. The van der Waals surface area contributed by atoms with E-state index in [0.29, 0.717) is 33.0 Å². The Bertz CT molecular complexity index is 554. The molecule has 2 rings (SSSR count). The van der Waals surface area contributed by atoms with Gasteiger partial charge in [-0.25, -0.2) is 0 Å². The fourth-order valence-corrected chi connectivity index (χ4v) is 2.97. The second kappa shape index (κ2) is 12.8. The van der Waals surface area contributed by atoms with Crippen molar-refractivity contribution in [3.8, 4) is 0 Å². The lowest BCUT2D eigenvalue weighted by Crippen LogP contribution is -2.49. The minimum atomic E-state index is -1.03. The van der Waals surface area contributed by atoms with Gasteiger partial charge in [-0.15, -0.1) is 11.3 Å². The molecule has 9 nitrogen and oxygen atoms in total. The summed E-state index contributed by atoms with van der Waals surface area (Å²) in [5, 5.41) is 19.9. The van der Waals surface area contributed by atoms with Crippen molar-refractivity contribution in [1.82, 2.24) is 5.32 Å². The Morgan fingerprint density at radius 2 is 2.12 bits per heavy atom. The zero-order chi connectivity index (χ0) is 19.4. The molecule has 1 aromatic heterocycles. The van der Waals surface area contributed by atoms with Crippen LogP contribution < -0.4 is 11.1 Å². The summed E-state index contributed by atoms with van der Waals surface area (Å²) in [4.78, 5) is 23.0. The van der Waals surface area contributed by atoms with Crippen molar-refractivity contribution in [2.24, 2.45) is 5.73 Å². The highest BCUT2D eigenvalue weighted by molar-refractivity contribution is 7.12. The normalized spacial score (nSPS) is 17.0. The SMILES string of the molecule is CC(=O)O.NCCOCc1ccc(CC(=O)NC2COCCOB2O)s1. The predicted molar refractivity (Wildman–Crippen MR) is 96.7 cm³/mol. The maximum Gasteiger partial charge on any atom is 0.480 e. The lowest BCUT2D eigenvalue weighted by molar-refractivity contribution is -0.134. The van der Waals surface area contributed by atoms with Gasteiger partial charge in [0.05, 0.1) is 45.4 Å². The number of carbonyl (C=O) groups excluding carboxylic acids is 1. The second-order valence-electron chi connectivity index (χ2n) is 5.42. The van der Waals surface area contributed by atoms with Crippen LogP contribution in [0.3, 0.4) is 0 Å². The van der Waals surface area contributed by atoms with E-state index in [4.69, 9.17) is 29.8 Å². The van der Waals surface area contributed by atoms with Crippen LogP contribution in [0.25, 0.3) is 0 Å². The number of carboxylic acids is 1. The van der Waals surface area contributed by atoms with E-state index in [2.05, 4.69) is 5.32 Å². The number of nitrogens with one attached hydrogen (secondary N) is 1. The van der Waals surface area contributed by atoms with Crippen molar-refractivity contribution in [3.63, 3.8) is 0 Å². The summed E-state index contributed by atoms with van der Waals surface area (Å²) >= 11 is 1.53. The van der Waals surface area contributed by atoms with Gasteiger partial charge in [-0.1, -0.05) is 0 Å². The standard InChI is InChI=1S/C13H21BN2O5S.C2H4O2/c15-3-4-19-8-11-2-1-10(22-11)7-13(17)16-12-9-20-5-6-21-14(12)18;1-2(3)4/h1-2,12,18H,3-9,15H2,(H,16,17);1H3,(H,3,4). The fourth-order valence-electron chi connectivity index (χ4n) is 2.02. The molecule has 1 atom stereocenters. The molecule has 0 saturated carbocycles. The molecule has 1 aliphatic rings. The Morgan fingerprint density at radius 1 is 1.42 bits per heavy atom. The van der Waals surface area contributed by atoms with E-state index in [1.165, 1.54) is 11.3 Å². The van der Waals surface area contributed by atoms with E-state index < -0.39 is 19.0 Å². The van der Waals surface area contributed by atoms with E-state index in [1.54, 1.807) is 0 Å². The van der Waals surface area contributed by atoms with E-state index in [1.807, 2.05) is 12.1 Å². The largest absolute Gasteiger partial charge is 0.481 e. The van der Waals surface area contributed by atoms with Crippen LogP contribution in [-0.2, 0) is 36.7 Å². The number of rotatable bonds is 7. The third-order valence-corrected chi connectivity index (χ3v) is 4.12. The van der Waals surface area contributed by atoms with Crippen molar-refractivity contribution in [2.75, 3.05) is 33.0 Å². The molecular weight excluding hydrogens is 363 g/mol. The van der Waals surface area contributed by atoms with Crippen molar-refractivity contribution in [2.45, 2.75) is 25.9 Å². The van der Waals surface area contributed by atoms with Crippen LogP contribution in [0, 0.1) is 0 Å². The van der Waals surface area contributed by atoms with Crippen LogP contribution in [0.1, 0.15) is 16.7 Å². The first kappa shape index (κ1) is 22.5. The van der Waals surface area contributed by atoms with E-state index >= 15 is 0 Å². The Hall–Kier alpha value is -1.50. The molecule has 1 fully saturated rings. The predicted octanol–water partition coefficient (Wildman–Crippen LogP) is -0.592. The molecular formula is C15H25BN2O7S. The summed E-state index contributed by atoms with van der Waals surface area (Å²) in [6.07, 6.45) is 0.255. The highest BCUT2D eigenvalue weighted by Crippen LogP contribution is 2.18. The summed E-state index contributed by atoms with van der Waals surface area (Å²) in [7, 11) is -1.03. The number of nitrogens with two attached hydrogens (primary N) is 1. The van der Waals surface area contributed by atoms with Crippen molar-refractivity contribution < 1.29 is 33.8 Å². The number of aliphatic carboxylic acids is 1. The molecule has 1 saturated heterocycles. The zero-order valence-electron chi connectivity index (χ0n) is 14.7. The lowest BCUT2D eigenvalue weighted by Gasteiger charge is -2.16. The first-order valence-corrected chi connectivity index (χ1v) is 8.95. The van der Waals surface area contributed by atoms with Crippen LogP contribution in [0.2, 0.25) is 0 Å². The smallest absolute Gasteiger partial charge is 0.480 e. The zero-order valence-corrected chi connectivity index (χ0v) is 15.5. The molecule has 1 aromatic rings. The van der Waals surface area contributed by atoms with Crippen LogP contribution in [0.5, 0.6) is 0 Å². The number of ether oxygens (including phenoxy) is 2. The molecule has 0 radical (unpaired) electrons. The van der Waals surface area contributed by atoms with Gasteiger partial charge < -0.3 is 35.3 Å². The number of thiophene rings is 1. The first-order chi connectivity index (χ1) is 12.4. The number of carbonyl (C=O) groups is 2. The van der Waals surface area contributed by atoms with Crippen molar-refractivity contribution >= 4 is 30.3 Å². The van der Waals surface area contributed by atoms with E-state index in [9.17, 15) is 9.82 Å². The Morgan fingerprint density at radius 3 is 2.81 bits per heavy atom. The molecule has 1 amide bonds. The molecule has 1 aliphatic heterocycles. The van der Waals surface area contributed by atoms with Gasteiger partial charge in [-0.3, -0.25) is 9.59 Å². The van der Waals surface area contributed by atoms with Gasteiger partial charge in [0.15, 0.2) is 0 Å². The summed E-state index contributed by atoms with van der Waals surface area (Å²) in [5.74, 6) is -1.54. The third-order valence-electron chi connectivity index (χ3n) is 3.06. The molecule has 0 aliphatic carbocycles. The molecule has 11 heteroatoms. The maximum atomic E-state index is 12.0. The molecule has 0 aromatic carbocycles. The van der Waals surface area contributed by atoms with Gasteiger partial charge in [0.1, 0.15) is 0 Å². The third kappa shape index (κ3) is 9.85. The van der Waals surface area contributed by atoms with Gasteiger partial charge in [0.2, 0.25) is 5.91 Å². The van der Waals surface area contributed by atoms with Crippen molar-refractivity contribution in [1.29, 1.82) is 0 Å². The highest BCUT2D eigenvalue weighted by Gasteiger charge is 2.30. The molecule has 0 spiro atoms. The Balaban J connectivity index is 0.000000765. The minimum Gasteiger partial charge on any atom is -0.481 e. The monoisotopic (exact) mass is 388 g/mol. The number of hydrogen-bond donors (Lipinski definition) is 4. The summed E-state index contributed by atoms with van der Waals surface area (Å²) in [5.41, 5.74) is 5.36. The fraction of sp³-hybridized carbons (Fsp3) is 0.600. The minimum absolute atomic E-state index is 0.172. The lowest BCUT2D eigenvalue weighted by atomic mass is 9.79.